The van der Waals surface area contributed by atoms with Crippen LogP contribution in [0.2, 0.25) is 0 Å². The van der Waals surface area contributed by atoms with Crippen LogP contribution in [0.4, 0.5) is 0 Å². The average Bonchev–Trinajstić information content (AvgIpc) is 3.57. The van der Waals surface area contributed by atoms with Crippen LogP contribution >= 0.6 is 0 Å². The first-order valence-electron chi connectivity index (χ1n) is 12.7. The molecule has 0 bridgehead atoms. The zero-order valence-electron chi connectivity index (χ0n) is 20.1. The normalized spacial score (nSPS) is 16.8. The third kappa shape index (κ3) is 8.36. The van der Waals surface area contributed by atoms with Gasteiger partial charge in [-0.3, -0.25) is 0 Å². The maximum atomic E-state index is 3.30. The average molecular weight is 571 g/mol. The van der Waals surface area contributed by atoms with Gasteiger partial charge in [0.1, 0.15) is 0 Å². The first kappa shape index (κ1) is 29.4. The molecule has 0 aliphatic heterocycles. The minimum atomic E-state index is 0. The molecule has 0 saturated heterocycles. The van der Waals surface area contributed by atoms with Gasteiger partial charge in [-0.25, -0.2) is 12.1 Å². The van der Waals surface area contributed by atoms with E-state index in [1.54, 1.807) is 24.2 Å². The van der Waals surface area contributed by atoms with Crippen molar-refractivity contribution in [1.82, 2.24) is 0 Å². The number of halogens is 2. The predicted molar refractivity (Wildman–Crippen MR) is 134 cm³/mol. The molecule has 0 N–H and O–H groups in total. The Morgan fingerprint density at radius 3 is 1.82 bits per heavy atom. The minimum Gasteiger partial charge on any atom is -0.214 e. The van der Waals surface area contributed by atoms with E-state index in [2.05, 4.69) is 42.5 Å². The van der Waals surface area contributed by atoms with Gasteiger partial charge in [-0.1, -0.05) is 35.4 Å². The molecule has 3 aliphatic rings. The van der Waals surface area contributed by atoms with E-state index in [9.17, 15) is 0 Å². The molecule has 2 fully saturated rings. The van der Waals surface area contributed by atoms with Crippen molar-refractivity contribution >= 4 is 3.21 Å². The number of hydrogen-bond acceptors (Lipinski definition) is 0. The van der Waals surface area contributed by atoms with E-state index in [1.807, 2.05) is 39.6 Å². The Morgan fingerprint density at radius 2 is 1.26 bits per heavy atom. The molecule has 34 heavy (non-hydrogen) atoms. The van der Waals surface area contributed by atoms with Crippen molar-refractivity contribution in [3.05, 3.63) is 90.0 Å². The van der Waals surface area contributed by atoms with E-state index in [0.717, 1.165) is 18.3 Å². The van der Waals surface area contributed by atoms with E-state index in [-0.39, 0.29) is 24.8 Å². The maximum absolute atomic E-state index is 3.30. The summed E-state index contributed by atoms with van der Waals surface area (Å²) >= 11 is 1.77. The van der Waals surface area contributed by atoms with Crippen LogP contribution in [0.15, 0.2) is 72.8 Å². The fraction of sp³-hybridized carbons (Fsp3) is 0.419. The molecule has 3 aromatic carbocycles. The molecular weight excluding hydrogens is 534 g/mol. The van der Waals surface area contributed by atoms with Crippen LogP contribution in [-0.4, -0.2) is 3.21 Å². The molecule has 0 spiro atoms. The molecule has 0 radical (unpaired) electrons. The SMILES string of the molecule is [Cl-].[Cl-].[Zr+2]=[C](C1CCCCC1)C1CCCCC1.[c-]1cccc2c1Cc1ccccc1-2.c1cc[cH-]c1. The van der Waals surface area contributed by atoms with Gasteiger partial charge < -0.3 is 24.8 Å². The number of benzene rings is 2. The van der Waals surface area contributed by atoms with Crippen LogP contribution in [0, 0.1) is 17.9 Å². The van der Waals surface area contributed by atoms with Crippen molar-refractivity contribution in [2.75, 3.05) is 0 Å². The second-order valence-corrected chi connectivity index (χ2v) is 10.9. The number of fused-ring (bicyclic) bond motifs is 3. The van der Waals surface area contributed by atoms with Crippen LogP contribution in [0.25, 0.3) is 11.1 Å². The minimum absolute atomic E-state index is 0. The van der Waals surface area contributed by atoms with E-state index in [0.29, 0.717) is 0 Å². The van der Waals surface area contributed by atoms with Gasteiger partial charge in [0.05, 0.1) is 0 Å². The van der Waals surface area contributed by atoms with Crippen molar-refractivity contribution in [3.63, 3.8) is 0 Å². The molecule has 0 heterocycles. The van der Waals surface area contributed by atoms with Crippen molar-refractivity contribution in [1.29, 1.82) is 0 Å². The van der Waals surface area contributed by atoms with E-state index in [1.165, 1.54) is 86.5 Å². The fourth-order valence-corrected chi connectivity index (χ4v) is 6.90. The number of rotatable bonds is 2. The van der Waals surface area contributed by atoms with Crippen LogP contribution in [0.5, 0.6) is 0 Å². The first-order valence-corrected chi connectivity index (χ1v) is 13.9. The quantitative estimate of drug-likeness (QED) is 0.325. The Morgan fingerprint density at radius 1 is 0.706 bits per heavy atom. The Bertz CT molecular complexity index is 870. The van der Waals surface area contributed by atoms with Crippen molar-refractivity contribution in [2.24, 2.45) is 11.8 Å². The fourth-order valence-electron chi connectivity index (χ4n) is 5.48. The Labute approximate surface area is 234 Å². The molecule has 0 nitrogen and oxygen atoms in total. The van der Waals surface area contributed by atoms with Gasteiger partial charge in [-0.2, -0.15) is 48.0 Å². The predicted octanol–water partition coefficient (Wildman–Crippen LogP) is 2.34. The van der Waals surface area contributed by atoms with Crippen LogP contribution < -0.4 is 24.8 Å². The van der Waals surface area contributed by atoms with Crippen LogP contribution in [-0.2, 0) is 30.7 Å². The molecular formula is C31H36Cl2Zr-2. The molecule has 3 aromatic rings. The van der Waals surface area contributed by atoms with E-state index in [4.69, 9.17) is 0 Å². The van der Waals surface area contributed by atoms with Crippen molar-refractivity contribution in [2.45, 2.75) is 70.6 Å². The van der Waals surface area contributed by atoms with Crippen LogP contribution in [0.3, 0.4) is 0 Å². The second-order valence-electron chi connectivity index (χ2n) is 9.48. The molecule has 3 heteroatoms. The summed E-state index contributed by atoms with van der Waals surface area (Å²) in [6.07, 6.45) is 16.2. The number of hydrogen-bond donors (Lipinski definition) is 0. The summed E-state index contributed by atoms with van der Waals surface area (Å²) in [5.41, 5.74) is 5.51. The van der Waals surface area contributed by atoms with Crippen molar-refractivity contribution < 1.29 is 49.0 Å². The standard InChI is InChI=1S/C13H9.C13H22.C5H5.2ClH.Zr/c1-3-7-12-10(5-1)9-11-6-2-4-8-13(11)12;1-3-7-12(8-4-1)11-13-9-5-2-6-10-13;1-2-4-5-3-1;;;/h1-5,7-8H,9H2;12-13H,1-10H2;1-5H;2*1H;/q-1;;-1;;;+2/p-2. The van der Waals surface area contributed by atoms with Gasteiger partial charge in [0, 0.05) is 0 Å². The second kappa shape index (κ2) is 16.0. The summed E-state index contributed by atoms with van der Waals surface area (Å²) in [5.74, 6) is 2.09. The molecule has 2 saturated carbocycles. The Hall–Kier alpha value is -0.877. The Balaban J connectivity index is 0.000000191. The first-order chi connectivity index (χ1) is 15.8. The van der Waals surface area contributed by atoms with E-state index >= 15 is 0 Å². The molecule has 0 atom stereocenters. The van der Waals surface area contributed by atoms with E-state index < -0.39 is 0 Å². The topological polar surface area (TPSA) is 0 Å². The smallest absolute Gasteiger partial charge is 0.0253 e. The summed E-state index contributed by atoms with van der Waals surface area (Å²) < 4.78 is 1.97. The molecule has 0 unspecified atom stereocenters. The molecule has 0 aromatic heterocycles. The maximum Gasteiger partial charge on any atom is -0.0253 e. The van der Waals surface area contributed by atoms with Gasteiger partial charge >= 0.3 is 103 Å². The van der Waals surface area contributed by atoms with Gasteiger partial charge in [0.2, 0.25) is 0 Å². The summed E-state index contributed by atoms with van der Waals surface area (Å²) in [5, 5.41) is 0. The molecule has 6 rings (SSSR count). The summed E-state index contributed by atoms with van der Waals surface area (Å²) in [4.78, 5) is 0. The van der Waals surface area contributed by atoms with Gasteiger partial charge in [0.25, 0.3) is 0 Å². The van der Waals surface area contributed by atoms with Gasteiger partial charge in [0.15, 0.2) is 0 Å². The zero-order chi connectivity index (χ0) is 22.0. The zero-order valence-corrected chi connectivity index (χ0v) is 24.1. The van der Waals surface area contributed by atoms with Gasteiger partial charge in [-0.15, -0.1) is 5.56 Å². The summed E-state index contributed by atoms with van der Waals surface area (Å²) in [6.45, 7) is 0. The molecule has 0 amide bonds. The Kier molecular flexibility index (Phi) is 13.8. The van der Waals surface area contributed by atoms with Crippen molar-refractivity contribution in [3.8, 4) is 11.1 Å². The summed E-state index contributed by atoms with van der Waals surface area (Å²) in [7, 11) is 0. The van der Waals surface area contributed by atoms with Crippen LogP contribution in [0.1, 0.15) is 75.3 Å². The largest absolute Gasteiger partial charge is 0.214 e. The molecule has 180 valence electrons. The monoisotopic (exact) mass is 568 g/mol. The third-order valence-electron chi connectivity index (χ3n) is 7.26. The molecule has 3 aliphatic carbocycles. The third-order valence-corrected chi connectivity index (χ3v) is 9.27. The van der Waals surface area contributed by atoms with Gasteiger partial charge in [-0.05, 0) is 6.42 Å². The summed E-state index contributed by atoms with van der Waals surface area (Å²) in [6, 6.07) is 28.1.